The SMILES string of the molecule is C=C/C=C(\C=C)C(CONC(CN)CCc1ccccc1)c1ccccc1. The van der Waals surface area contributed by atoms with E-state index in [0.717, 1.165) is 18.4 Å². The van der Waals surface area contributed by atoms with Crippen molar-refractivity contribution in [3.05, 3.63) is 109 Å². The van der Waals surface area contributed by atoms with E-state index in [1.54, 1.807) is 6.08 Å². The number of nitrogens with one attached hydrogen (secondary N) is 1. The Bertz CT molecular complexity index is 710. The van der Waals surface area contributed by atoms with E-state index < -0.39 is 0 Å². The average Bonchev–Trinajstić information content (AvgIpc) is 2.73. The molecule has 2 aromatic carbocycles. The number of benzene rings is 2. The molecule has 0 aliphatic rings. The van der Waals surface area contributed by atoms with Gasteiger partial charge in [-0.15, -0.1) is 0 Å². The predicted octanol–water partition coefficient (Wildman–Crippen LogP) is 4.55. The maximum Gasteiger partial charge on any atom is 0.0791 e. The molecule has 3 heteroatoms. The van der Waals surface area contributed by atoms with E-state index in [9.17, 15) is 0 Å². The van der Waals surface area contributed by atoms with Gasteiger partial charge >= 0.3 is 0 Å². The van der Waals surface area contributed by atoms with Gasteiger partial charge in [0.2, 0.25) is 0 Å². The molecule has 0 bridgehead atoms. The smallest absolute Gasteiger partial charge is 0.0791 e. The molecule has 0 fully saturated rings. The molecule has 0 aliphatic carbocycles. The van der Waals surface area contributed by atoms with Crippen molar-refractivity contribution >= 4 is 0 Å². The molecule has 27 heavy (non-hydrogen) atoms. The molecule has 0 radical (unpaired) electrons. The minimum absolute atomic E-state index is 0.0850. The highest BCUT2D eigenvalue weighted by Crippen LogP contribution is 2.25. The minimum Gasteiger partial charge on any atom is -0.329 e. The lowest BCUT2D eigenvalue weighted by molar-refractivity contribution is 0.0118. The van der Waals surface area contributed by atoms with Crippen molar-refractivity contribution in [2.24, 2.45) is 5.73 Å². The molecule has 0 aromatic heterocycles. The summed E-state index contributed by atoms with van der Waals surface area (Å²) in [6, 6.07) is 20.8. The third-order valence-corrected chi connectivity index (χ3v) is 4.56. The molecule has 0 heterocycles. The van der Waals surface area contributed by atoms with Gasteiger partial charge in [0.15, 0.2) is 0 Å². The van der Waals surface area contributed by atoms with Crippen LogP contribution >= 0.6 is 0 Å². The number of nitrogens with two attached hydrogens (primary N) is 1. The zero-order valence-corrected chi connectivity index (χ0v) is 15.9. The van der Waals surface area contributed by atoms with Crippen molar-refractivity contribution in [3.63, 3.8) is 0 Å². The lowest BCUT2D eigenvalue weighted by atomic mass is 9.91. The molecule has 2 atom stereocenters. The topological polar surface area (TPSA) is 47.3 Å². The van der Waals surface area contributed by atoms with Crippen LogP contribution in [0.3, 0.4) is 0 Å². The van der Waals surface area contributed by atoms with E-state index >= 15 is 0 Å². The van der Waals surface area contributed by atoms with Gasteiger partial charge in [0.05, 0.1) is 6.61 Å². The predicted molar refractivity (Wildman–Crippen MR) is 114 cm³/mol. The second-order valence-corrected chi connectivity index (χ2v) is 6.46. The number of hydrogen-bond acceptors (Lipinski definition) is 3. The molecule has 0 spiro atoms. The lowest BCUT2D eigenvalue weighted by Crippen LogP contribution is -2.37. The summed E-state index contributed by atoms with van der Waals surface area (Å²) in [5, 5.41) is 0. The zero-order valence-electron chi connectivity index (χ0n) is 15.9. The fraction of sp³-hybridized carbons (Fsp3) is 0.250. The second-order valence-electron chi connectivity index (χ2n) is 6.46. The third-order valence-electron chi connectivity index (χ3n) is 4.56. The number of hydroxylamine groups is 1. The van der Waals surface area contributed by atoms with Gasteiger partial charge in [0, 0.05) is 18.5 Å². The summed E-state index contributed by atoms with van der Waals surface area (Å²) < 4.78 is 0. The van der Waals surface area contributed by atoms with Gasteiger partial charge in [0.1, 0.15) is 0 Å². The fourth-order valence-electron chi connectivity index (χ4n) is 2.99. The highest BCUT2D eigenvalue weighted by atomic mass is 16.6. The minimum atomic E-state index is 0.0850. The molecule has 0 amide bonds. The first-order chi connectivity index (χ1) is 13.3. The lowest BCUT2D eigenvalue weighted by Gasteiger charge is -2.22. The number of hydrogen-bond donors (Lipinski definition) is 2. The molecule has 2 unspecified atom stereocenters. The van der Waals surface area contributed by atoms with E-state index in [2.05, 4.69) is 55.0 Å². The summed E-state index contributed by atoms with van der Waals surface area (Å²) >= 11 is 0. The molecular formula is C24H30N2O. The van der Waals surface area contributed by atoms with Gasteiger partial charge in [0.25, 0.3) is 0 Å². The Morgan fingerprint density at radius 1 is 1.04 bits per heavy atom. The van der Waals surface area contributed by atoms with Gasteiger partial charge in [-0.3, -0.25) is 0 Å². The van der Waals surface area contributed by atoms with E-state index in [0.29, 0.717) is 13.2 Å². The Morgan fingerprint density at radius 3 is 2.30 bits per heavy atom. The van der Waals surface area contributed by atoms with Gasteiger partial charge in [-0.05, 0) is 29.5 Å². The van der Waals surface area contributed by atoms with Crippen LogP contribution < -0.4 is 11.2 Å². The summed E-state index contributed by atoms with van der Waals surface area (Å²) in [6.45, 7) is 8.76. The molecule has 2 aromatic rings. The fourth-order valence-corrected chi connectivity index (χ4v) is 2.99. The number of rotatable bonds is 12. The van der Waals surface area contributed by atoms with Crippen molar-refractivity contribution < 1.29 is 4.84 Å². The van der Waals surface area contributed by atoms with Crippen LogP contribution in [0, 0.1) is 0 Å². The van der Waals surface area contributed by atoms with E-state index in [1.165, 1.54) is 11.1 Å². The van der Waals surface area contributed by atoms with Crippen molar-refractivity contribution in [2.45, 2.75) is 24.8 Å². The summed E-state index contributed by atoms with van der Waals surface area (Å²) in [5.41, 5.74) is 12.6. The van der Waals surface area contributed by atoms with Gasteiger partial charge in [-0.2, -0.15) is 5.48 Å². The molecule has 3 nitrogen and oxygen atoms in total. The first-order valence-corrected chi connectivity index (χ1v) is 9.39. The van der Waals surface area contributed by atoms with Crippen LogP contribution in [0.2, 0.25) is 0 Å². The van der Waals surface area contributed by atoms with Crippen LogP contribution in [0.15, 0.2) is 97.6 Å². The van der Waals surface area contributed by atoms with Crippen LogP contribution in [0.4, 0.5) is 0 Å². The summed E-state index contributed by atoms with van der Waals surface area (Å²) in [7, 11) is 0. The summed E-state index contributed by atoms with van der Waals surface area (Å²) in [6.07, 6.45) is 7.51. The van der Waals surface area contributed by atoms with Crippen LogP contribution in [0.5, 0.6) is 0 Å². The maximum absolute atomic E-state index is 5.92. The zero-order chi connectivity index (χ0) is 19.3. The monoisotopic (exact) mass is 362 g/mol. The van der Waals surface area contributed by atoms with Crippen LogP contribution in [0.1, 0.15) is 23.5 Å². The van der Waals surface area contributed by atoms with Crippen LogP contribution in [-0.4, -0.2) is 19.2 Å². The van der Waals surface area contributed by atoms with Crippen LogP contribution in [0.25, 0.3) is 0 Å². The van der Waals surface area contributed by atoms with Crippen LogP contribution in [-0.2, 0) is 11.3 Å². The summed E-state index contributed by atoms with van der Waals surface area (Å²) in [4.78, 5) is 5.87. The Kier molecular flexibility index (Phi) is 9.28. The molecular weight excluding hydrogens is 332 g/mol. The number of allylic oxidation sites excluding steroid dienone is 3. The Morgan fingerprint density at radius 2 is 1.70 bits per heavy atom. The largest absolute Gasteiger partial charge is 0.329 e. The maximum atomic E-state index is 5.92. The molecule has 0 saturated carbocycles. The number of aryl methyl sites for hydroxylation is 1. The van der Waals surface area contributed by atoms with Crippen molar-refractivity contribution in [2.75, 3.05) is 13.2 Å². The molecule has 0 saturated heterocycles. The Balaban J connectivity index is 1.94. The summed E-state index contributed by atoms with van der Waals surface area (Å²) in [5.74, 6) is 0.0850. The Labute approximate surface area is 163 Å². The first kappa shape index (κ1) is 20.8. The molecule has 0 aliphatic heterocycles. The average molecular weight is 363 g/mol. The quantitative estimate of drug-likeness (QED) is 0.430. The van der Waals surface area contributed by atoms with Gasteiger partial charge < -0.3 is 10.6 Å². The van der Waals surface area contributed by atoms with E-state index in [1.807, 2.05) is 36.4 Å². The molecule has 2 rings (SSSR count). The highest BCUT2D eigenvalue weighted by Gasteiger charge is 2.16. The standard InChI is InChI=1S/C24H30N2O/c1-3-11-21(4-2)24(22-14-9-6-10-15-22)19-27-26-23(18-25)17-16-20-12-7-5-8-13-20/h3-15,23-24,26H,1-2,16-19,25H2/b21-11+. The first-order valence-electron chi connectivity index (χ1n) is 9.39. The molecule has 3 N–H and O–H groups in total. The van der Waals surface area contributed by atoms with Gasteiger partial charge in [-0.25, -0.2) is 0 Å². The van der Waals surface area contributed by atoms with Crippen molar-refractivity contribution in [3.8, 4) is 0 Å². The van der Waals surface area contributed by atoms with Crippen molar-refractivity contribution in [1.82, 2.24) is 5.48 Å². The highest BCUT2D eigenvalue weighted by molar-refractivity contribution is 5.36. The van der Waals surface area contributed by atoms with Gasteiger partial charge in [-0.1, -0.05) is 92.0 Å². The Hall–Kier alpha value is -2.46. The van der Waals surface area contributed by atoms with E-state index in [4.69, 9.17) is 10.6 Å². The normalized spacial score (nSPS) is 13.7. The third kappa shape index (κ3) is 6.99. The second kappa shape index (κ2) is 12.0. The van der Waals surface area contributed by atoms with E-state index in [-0.39, 0.29) is 12.0 Å². The van der Waals surface area contributed by atoms with Crippen molar-refractivity contribution in [1.29, 1.82) is 0 Å². The molecule has 142 valence electrons.